The van der Waals surface area contributed by atoms with Gasteiger partial charge < -0.3 is 10.5 Å². The van der Waals surface area contributed by atoms with Crippen molar-refractivity contribution in [2.45, 2.75) is 25.3 Å². The number of ether oxygens (including phenoxy) is 1. The molecule has 1 heterocycles. The van der Waals surface area contributed by atoms with Gasteiger partial charge in [-0.15, -0.1) is 0 Å². The molecule has 1 aliphatic heterocycles. The summed E-state index contributed by atoms with van der Waals surface area (Å²) in [7, 11) is 0. The van der Waals surface area contributed by atoms with Gasteiger partial charge in [-0.3, -0.25) is 4.79 Å². The Morgan fingerprint density at radius 3 is 3.00 bits per heavy atom. The molecule has 2 aliphatic rings. The lowest BCUT2D eigenvalue weighted by Crippen LogP contribution is -2.35. The van der Waals surface area contributed by atoms with Crippen molar-refractivity contribution in [3.63, 3.8) is 0 Å². The van der Waals surface area contributed by atoms with Crippen molar-refractivity contribution >= 4 is 5.78 Å². The van der Waals surface area contributed by atoms with Crippen molar-refractivity contribution in [1.82, 2.24) is 0 Å². The average Bonchev–Trinajstić information content (AvgIpc) is 2.68. The van der Waals surface area contributed by atoms with Gasteiger partial charge in [0.05, 0.1) is 12.6 Å². The number of Topliss-reactive ketones (excluding diaryl/α,β-unsaturated/α-hetero) is 1. The molecule has 0 aromatic heterocycles. The molecule has 0 amide bonds. The molecule has 1 aromatic rings. The van der Waals surface area contributed by atoms with Gasteiger partial charge in [0.15, 0.2) is 5.78 Å². The van der Waals surface area contributed by atoms with Crippen LogP contribution in [0.4, 0.5) is 0 Å². The van der Waals surface area contributed by atoms with Crippen molar-refractivity contribution in [3.05, 3.63) is 28.8 Å². The molecule has 15 heavy (non-hydrogen) atoms. The van der Waals surface area contributed by atoms with Crippen LogP contribution in [0.1, 0.15) is 27.9 Å². The van der Waals surface area contributed by atoms with E-state index in [0.29, 0.717) is 0 Å². The van der Waals surface area contributed by atoms with E-state index in [0.717, 1.165) is 42.7 Å². The van der Waals surface area contributed by atoms with Gasteiger partial charge in [0.2, 0.25) is 0 Å². The van der Waals surface area contributed by atoms with Gasteiger partial charge in [-0.1, -0.05) is 6.07 Å². The molecule has 78 valence electrons. The van der Waals surface area contributed by atoms with Crippen LogP contribution in [0.15, 0.2) is 12.1 Å². The predicted octanol–water partition coefficient (Wildman–Crippen LogP) is 1.08. The molecule has 3 nitrogen and oxygen atoms in total. The molecule has 0 fully saturated rings. The number of hydrogen-bond acceptors (Lipinski definition) is 3. The molecule has 0 saturated heterocycles. The fourth-order valence-corrected chi connectivity index (χ4v) is 2.35. The van der Waals surface area contributed by atoms with Gasteiger partial charge in [0.1, 0.15) is 5.75 Å². The summed E-state index contributed by atoms with van der Waals surface area (Å²) in [5, 5.41) is 0. The first kappa shape index (κ1) is 8.92. The number of nitrogens with two attached hydrogens (primary N) is 1. The Bertz CT molecular complexity index is 439. The van der Waals surface area contributed by atoms with Crippen molar-refractivity contribution in [2.24, 2.45) is 5.73 Å². The highest BCUT2D eigenvalue weighted by molar-refractivity contribution is 6.02. The molecular formula is C12H13NO2. The lowest BCUT2D eigenvalue weighted by Gasteiger charge is -2.20. The van der Waals surface area contributed by atoms with Crippen LogP contribution in [0.5, 0.6) is 5.75 Å². The Morgan fingerprint density at radius 1 is 1.27 bits per heavy atom. The number of hydrogen-bond donors (Lipinski definition) is 1. The number of rotatable bonds is 0. The minimum absolute atomic E-state index is 0.0644. The summed E-state index contributed by atoms with van der Waals surface area (Å²) >= 11 is 0. The zero-order valence-electron chi connectivity index (χ0n) is 8.45. The third-order valence-corrected chi connectivity index (χ3v) is 3.24. The van der Waals surface area contributed by atoms with Crippen LogP contribution in [-0.4, -0.2) is 18.4 Å². The summed E-state index contributed by atoms with van der Waals surface area (Å²) in [5.41, 5.74) is 8.90. The van der Waals surface area contributed by atoms with E-state index < -0.39 is 0 Å². The molecule has 1 unspecified atom stereocenters. The molecule has 2 N–H and O–H groups in total. The summed E-state index contributed by atoms with van der Waals surface area (Å²) < 4.78 is 5.46. The lowest BCUT2D eigenvalue weighted by molar-refractivity contribution is 0.0948. The third-order valence-electron chi connectivity index (χ3n) is 3.24. The quantitative estimate of drug-likeness (QED) is 0.686. The number of fused-ring (bicyclic) bond motifs is 2. The maximum Gasteiger partial charge on any atom is 0.179 e. The van der Waals surface area contributed by atoms with Gasteiger partial charge in [-0.2, -0.15) is 0 Å². The van der Waals surface area contributed by atoms with Crippen molar-refractivity contribution in [3.8, 4) is 5.75 Å². The first-order chi connectivity index (χ1) is 7.25. The van der Waals surface area contributed by atoms with Crippen LogP contribution in [0.3, 0.4) is 0 Å². The predicted molar refractivity (Wildman–Crippen MR) is 56.3 cm³/mol. The maximum absolute atomic E-state index is 11.8. The molecule has 0 saturated carbocycles. The SMILES string of the molecule is NC1CCc2cc3c(cc2C1=O)OCC3. The second kappa shape index (κ2) is 3.07. The summed E-state index contributed by atoms with van der Waals surface area (Å²) in [6, 6.07) is 3.66. The zero-order valence-corrected chi connectivity index (χ0v) is 8.45. The molecule has 0 radical (unpaired) electrons. The highest BCUT2D eigenvalue weighted by atomic mass is 16.5. The van der Waals surface area contributed by atoms with Crippen molar-refractivity contribution in [1.29, 1.82) is 0 Å². The lowest BCUT2D eigenvalue weighted by atomic mass is 9.86. The second-order valence-electron chi connectivity index (χ2n) is 4.22. The summed E-state index contributed by atoms with van der Waals surface area (Å²) in [4.78, 5) is 11.8. The molecule has 0 spiro atoms. The van der Waals surface area contributed by atoms with Gasteiger partial charge in [-0.05, 0) is 30.0 Å². The van der Waals surface area contributed by atoms with E-state index in [1.165, 1.54) is 5.56 Å². The largest absolute Gasteiger partial charge is 0.493 e. The minimum atomic E-state index is -0.322. The Hall–Kier alpha value is -1.35. The normalized spacial score (nSPS) is 23.3. The van der Waals surface area contributed by atoms with Crippen LogP contribution in [-0.2, 0) is 12.8 Å². The number of benzene rings is 1. The van der Waals surface area contributed by atoms with Gasteiger partial charge in [0, 0.05) is 12.0 Å². The van der Waals surface area contributed by atoms with E-state index in [-0.39, 0.29) is 11.8 Å². The van der Waals surface area contributed by atoms with Gasteiger partial charge in [0.25, 0.3) is 0 Å². The minimum Gasteiger partial charge on any atom is -0.493 e. The van der Waals surface area contributed by atoms with Gasteiger partial charge in [-0.25, -0.2) is 0 Å². The van der Waals surface area contributed by atoms with Crippen LogP contribution in [0.25, 0.3) is 0 Å². The standard InChI is InChI=1S/C12H13NO2/c13-10-2-1-7-5-8-3-4-15-11(8)6-9(7)12(10)14/h5-6,10H,1-4,13H2. The smallest absolute Gasteiger partial charge is 0.179 e. The Balaban J connectivity index is 2.14. The monoisotopic (exact) mass is 203 g/mol. The van der Waals surface area contributed by atoms with E-state index in [1.54, 1.807) is 0 Å². The topological polar surface area (TPSA) is 52.3 Å². The van der Waals surface area contributed by atoms with Crippen LogP contribution in [0, 0.1) is 0 Å². The van der Waals surface area contributed by atoms with E-state index in [2.05, 4.69) is 6.07 Å². The molecule has 3 rings (SSSR count). The molecule has 0 bridgehead atoms. The van der Waals surface area contributed by atoms with Gasteiger partial charge >= 0.3 is 0 Å². The molecular weight excluding hydrogens is 190 g/mol. The van der Waals surface area contributed by atoms with Crippen LogP contribution < -0.4 is 10.5 Å². The van der Waals surface area contributed by atoms with E-state index in [1.807, 2.05) is 6.07 Å². The number of ketones is 1. The van der Waals surface area contributed by atoms with Crippen LogP contribution >= 0.6 is 0 Å². The molecule has 1 atom stereocenters. The van der Waals surface area contributed by atoms with E-state index in [9.17, 15) is 4.79 Å². The number of carbonyl (C=O) groups is 1. The van der Waals surface area contributed by atoms with Crippen molar-refractivity contribution < 1.29 is 9.53 Å². The Kier molecular flexibility index (Phi) is 1.83. The third kappa shape index (κ3) is 1.27. The summed E-state index contributed by atoms with van der Waals surface area (Å²) in [5.74, 6) is 0.936. The number of carbonyl (C=O) groups excluding carboxylic acids is 1. The first-order valence-corrected chi connectivity index (χ1v) is 5.34. The zero-order chi connectivity index (χ0) is 10.4. The van der Waals surface area contributed by atoms with E-state index >= 15 is 0 Å². The molecule has 3 heteroatoms. The van der Waals surface area contributed by atoms with Crippen molar-refractivity contribution in [2.75, 3.05) is 6.61 Å². The first-order valence-electron chi connectivity index (χ1n) is 5.34. The summed E-state index contributed by atoms with van der Waals surface area (Å²) in [6.07, 6.45) is 2.64. The second-order valence-corrected chi connectivity index (χ2v) is 4.22. The Morgan fingerprint density at radius 2 is 2.13 bits per heavy atom. The fraction of sp³-hybridized carbons (Fsp3) is 0.417. The summed E-state index contributed by atoms with van der Waals surface area (Å²) in [6.45, 7) is 0.735. The average molecular weight is 203 g/mol. The number of aryl methyl sites for hydroxylation is 1. The molecule has 1 aliphatic carbocycles. The highest BCUT2D eigenvalue weighted by Crippen LogP contribution is 2.32. The Labute approximate surface area is 88.2 Å². The fourth-order valence-electron chi connectivity index (χ4n) is 2.35. The molecule has 1 aromatic carbocycles. The highest BCUT2D eigenvalue weighted by Gasteiger charge is 2.27. The van der Waals surface area contributed by atoms with E-state index in [4.69, 9.17) is 10.5 Å². The maximum atomic E-state index is 11.8. The van der Waals surface area contributed by atoms with Crippen LogP contribution in [0.2, 0.25) is 0 Å².